The van der Waals surface area contributed by atoms with Gasteiger partial charge in [0.25, 0.3) is 0 Å². The van der Waals surface area contributed by atoms with E-state index in [1.54, 1.807) is 0 Å². The third-order valence-electron chi connectivity index (χ3n) is 2.00. The normalized spacial score (nSPS) is 11.2. The molecule has 0 saturated carbocycles. The molecule has 0 bridgehead atoms. The van der Waals surface area contributed by atoms with Crippen molar-refractivity contribution in [2.24, 2.45) is 0 Å². The van der Waals surface area contributed by atoms with Gasteiger partial charge in [0, 0.05) is 6.07 Å². The fraction of sp³-hybridized carbons (Fsp3) is 0.400. The standard InChI is InChI=1S/C10H9F4NO4/c1-18-7-2-5(4-11)15-9(19-10(12,13)14)6(7)3-8(16)17/h2H,3-4H2,1H3,(H,16,17). The number of pyridine rings is 1. The molecule has 106 valence electrons. The molecule has 1 N–H and O–H groups in total. The molecular formula is C10H9F4NO4. The molecule has 0 unspecified atom stereocenters. The molecule has 0 aliphatic heterocycles. The van der Waals surface area contributed by atoms with Crippen molar-refractivity contribution >= 4 is 5.97 Å². The van der Waals surface area contributed by atoms with Gasteiger partial charge in [0.2, 0.25) is 5.88 Å². The van der Waals surface area contributed by atoms with Crippen LogP contribution in [0.2, 0.25) is 0 Å². The number of carbonyl (C=O) groups is 1. The van der Waals surface area contributed by atoms with Crippen molar-refractivity contribution in [3.05, 3.63) is 17.3 Å². The summed E-state index contributed by atoms with van der Waals surface area (Å²) in [5.74, 6) is -2.66. The highest BCUT2D eigenvalue weighted by atomic mass is 19.4. The Hall–Kier alpha value is -2.06. The number of rotatable bonds is 5. The zero-order valence-corrected chi connectivity index (χ0v) is 9.62. The molecule has 1 heterocycles. The largest absolute Gasteiger partial charge is 0.574 e. The van der Waals surface area contributed by atoms with Crippen LogP contribution >= 0.6 is 0 Å². The van der Waals surface area contributed by atoms with Crippen LogP contribution in [0.4, 0.5) is 17.6 Å². The molecule has 9 heteroatoms. The van der Waals surface area contributed by atoms with Gasteiger partial charge in [0.05, 0.1) is 24.8 Å². The first-order valence-corrected chi connectivity index (χ1v) is 4.87. The van der Waals surface area contributed by atoms with Crippen molar-refractivity contribution in [2.75, 3.05) is 7.11 Å². The second-order valence-corrected chi connectivity index (χ2v) is 3.35. The number of ether oxygens (including phenoxy) is 2. The molecule has 0 saturated heterocycles. The third kappa shape index (κ3) is 4.27. The van der Waals surface area contributed by atoms with Gasteiger partial charge < -0.3 is 14.6 Å². The molecule has 1 rings (SSSR count). The van der Waals surface area contributed by atoms with Crippen LogP contribution in [-0.2, 0) is 17.9 Å². The lowest BCUT2D eigenvalue weighted by atomic mass is 10.1. The summed E-state index contributed by atoms with van der Waals surface area (Å²) in [6.07, 6.45) is -5.87. The zero-order chi connectivity index (χ0) is 14.6. The van der Waals surface area contributed by atoms with E-state index in [1.807, 2.05) is 0 Å². The summed E-state index contributed by atoms with van der Waals surface area (Å²) < 4.78 is 57.4. The average molecular weight is 283 g/mol. The van der Waals surface area contributed by atoms with Crippen LogP contribution in [0.15, 0.2) is 6.07 Å². The number of methoxy groups -OCH3 is 1. The van der Waals surface area contributed by atoms with Gasteiger partial charge >= 0.3 is 12.3 Å². The number of halogens is 4. The Balaban J connectivity index is 3.32. The second-order valence-electron chi connectivity index (χ2n) is 3.35. The Morgan fingerprint density at radius 3 is 2.53 bits per heavy atom. The number of hydrogen-bond acceptors (Lipinski definition) is 4. The maximum absolute atomic E-state index is 12.5. The minimum Gasteiger partial charge on any atom is -0.496 e. The van der Waals surface area contributed by atoms with E-state index >= 15 is 0 Å². The summed E-state index contributed by atoms with van der Waals surface area (Å²) in [5.41, 5.74) is -0.769. The molecule has 0 aromatic carbocycles. The topological polar surface area (TPSA) is 68.7 Å². The maximum atomic E-state index is 12.5. The Labute approximate surface area is 104 Å². The van der Waals surface area contributed by atoms with Crippen LogP contribution in [0.3, 0.4) is 0 Å². The molecule has 19 heavy (non-hydrogen) atoms. The predicted octanol–water partition coefficient (Wildman–Crippen LogP) is 2.09. The third-order valence-corrected chi connectivity index (χ3v) is 2.00. The molecule has 1 aromatic heterocycles. The van der Waals surface area contributed by atoms with E-state index in [0.717, 1.165) is 13.2 Å². The summed E-state index contributed by atoms with van der Waals surface area (Å²) in [6.45, 7) is -1.14. The Morgan fingerprint density at radius 2 is 2.11 bits per heavy atom. The monoisotopic (exact) mass is 283 g/mol. The van der Waals surface area contributed by atoms with E-state index in [9.17, 15) is 22.4 Å². The minimum absolute atomic E-state index is 0.232. The summed E-state index contributed by atoms with van der Waals surface area (Å²) in [7, 11) is 1.11. The first kappa shape index (κ1) is 15.0. The van der Waals surface area contributed by atoms with Crippen molar-refractivity contribution in [3.63, 3.8) is 0 Å². The van der Waals surface area contributed by atoms with Crippen LogP contribution < -0.4 is 9.47 Å². The van der Waals surface area contributed by atoms with Gasteiger partial charge in [0.1, 0.15) is 12.4 Å². The SMILES string of the molecule is COc1cc(CF)nc(OC(F)(F)F)c1CC(=O)O. The zero-order valence-electron chi connectivity index (χ0n) is 9.62. The molecule has 1 aromatic rings. The number of aromatic nitrogens is 1. The molecule has 0 atom stereocenters. The van der Waals surface area contributed by atoms with Gasteiger partial charge in [-0.25, -0.2) is 9.37 Å². The Morgan fingerprint density at radius 1 is 1.47 bits per heavy atom. The molecule has 0 aliphatic carbocycles. The number of nitrogens with zero attached hydrogens (tertiary/aromatic N) is 1. The van der Waals surface area contributed by atoms with Crippen LogP contribution in [0.25, 0.3) is 0 Å². The molecule has 0 aliphatic rings. The van der Waals surface area contributed by atoms with Crippen LogP contribution in [0.1, 0.15) is 11.3 Å². The number of aliphatic carboxylic acids is 1. The quantitative estimate of drug-likeness (QED) is 0.838. The smallest absolute Gasteiger partial charge is 0.496 e. The lowest BCUT2D eigenvalue weighted by Gasteiger charge is -2.15. The van der Waals surface area contributed by atoms with E-state index in [-0.39, 0.29) is 11.4 Å². The van der Waals surface area contributed by atoms with Crippen LogP contribution in [0, 0.1) is 0 Å². The molecule has 0 fully saturated rings. The summed E-state index contributed by atoms with van der Waals surface area (Å²) in [6, 6.07) is 1.02. The first-order chi connectivity index (χ1) is 8.76. The highest BCUT2D eigenvalue weighted by molar-refractivity contribution is 5.72. The lowest BCUT2D eigenvalue weighted by molar-refractivity contribution is -0.276. The van der Waals surface area contributed by atoms with Crippen molar-refractivity contribution in [1.82, 2.24) is 4.98 Å². The molecular weight excluding hydrogens is 274 g/mol. The van der Waals surface area contributed by atoms with Crippen molar-refractivity contribution in [1.29, 1.82) is 0 Å². The molecule has 0 amide bonds. The number of carboxylic acid groups (broad SMARTS) is 1. The summed E-state index contributed by atoms with van der Waals surface area (Å²) in [4.78, 5) is 13.9. The number of alkyl halides is 4. The fourth-order valence-corrected chi connectivity index (χ4v) is 1.33. The van der Waals surface area contributed by atoms with Crippen molar-refractivity contribution < 1.29 is 36.9 Å². The first-order valence-electron chi connectivity index (χ1n) is 4.87. The van der Waals surface area contributed by atoms with Crippen LogP contribution in [0.5, 0.6) is 11.6 Å². The average Bonchev–Trinajstić information content (AvgIpc) is 2.28. The maximum Gasteiger partial charge on any atom is 0.574 e. The number of hydrogen-bond donors (Lipinski definition) is 1. The Kier molecular flexibility index (Phi) is 4.52. The van der Waals surface area contributed by atoms with Crippen molar-refractivity contribution in [3.8, 4) is 11.6 Å². The Bertz CT molecular complexity index is 475. The van der Waals surface area contributed by atoms with E-state index in [4.69, 9.17) is 9.84 Å². The molecule has 0 radical (unpaired) electrons. The van der Waals surface area contributed by atoms with E-state index in [1.165, 1.54) is 0 Å². The fourth-order valence-electron chi connectivity index (χ4n) is 1.33. The van der Waals surface area contributed by atoms with Crippen molar-refractivity contribution in [2.45, 2.75) is 19.5 Å². The summed E-state index contributed by atoms with van der Waals surface area (Å²) >= 11 is 0. The van der Waals surface area contributed by atoms with E-state index < -0.39 is 36.9 Å². The van der Waals surface area contributed by atoms with Gasteiger partial charge in [0.15, 0.2) is 0 Å². The second kappa shape index (κ2) is 5.72. The highest BCUT2D eigenvalue weighted by Crippen LogP contribution is 2.32. The molecule has 0 spiro atoms. The van der Waals surface area contributed by atoms with E-state index in [0.29, 0.717) is 0 Å². The van der Waals surface area contributed by atoms with Gasteiger partial charge in [-0.2, -0.15) is 0 Å². The summed E-state index contributed by atoms with van der Waals surface area (Å²) in [5, 5.41) is 8.64. The number of carboxylic acids is 1. The molecule has 5 nitrogen and oxygen atoms in total. The van der Waals surface area contributed by atoms with E-state index in [2.05, 4.69) is 9.72 Å². The predicted molar refractivity (Wildman–Crippen MR) is 53.6 cm³/mol. The minimum atomic E-state index is -5.07. The van der Waals surface area contributed by atoms with Gasteiger partial charge in [-0.3, -0.25) is 4.79 Å². The van der Waals surface area contributed by atoms with Gasteiger partial charge in [-0.05, 0) is 0 Å². The highest BCUT2D eigenvalue weighted by Gasteiger charge is 2.34. The van der Waals surface area contributed by atoms with Crippen LogP contribution in [-0.4, -0.2) is 29.5 Å². The van der Waals surface area contributed by atoms with Gasteiger partial charge in [-0.15, -0.1) is 13.2 Å². The van der Waals surface area contributed by atoms with Gasteiger partial charge in [-0.1, -0.05) is 0 Å². The lowest BCUT2D eigenvalue weighted by Crippen LogP contribution is -2.20.